The van der Waals surface area contributed by atoms with Crippen molar-refractivity contribution in [1.82, 2.24) is 10.6 Å². The average molecular weight is 182 g/mol. The third-order valence-electron chi connectivity index (χ3n) is 1.03. The molecule has 0 fully saturated rings. The molecule has 5 heteroatoms. The third kappa shape index (κ3) is 12.8. The minimum absolute atomic E-state index is 0. The molecule has 0 aromatic heterocycles. The van der Waals surface area contributed by atoms with Crippen LogP contribution in [-0.2, 0) is 4.79 Å². The van der Waals surface area contributed by atoms with E-state index in [1.165, 1.54) is 0 Å². The fourth-order valence-electron chi connectivity index (χ4n) is 0.565. The van der Waals surface area contributed by atoms with Crippen molar-refractivity contribution in [3.8, 4) is 0 Å². The molecule has 11 heavy (non-hydrogen) atoms. The number of nitrogens with two attached hydrogens (primary N) is 1. The Bertz CT molecular complexity index is 99.8. The van der Waals surface area contributed by atoms with Crippen molar-refractivity contribution >= 4 is 18.3 Å². The van der Waals surface area contributed by atoms with Gasteiger partial charge in [0.15, 0.2) is 0 Å². The van der Waals surface area contributed by atoms with Gasteiger partial charge in [0, 0.05) is 13.1 Å². The van der Waals surface area contributed by atoms with Crippen LogP contribution in [0.5, 0.6) is 0 Å². The predicted octanol–water partition coefficient (Wildman–Crippen LogP) is -0.907. The van der Waals surface area contributed by atoms with Gasteiger partial charge in [-0.15, -0.1) is 12.4 Å². The van der Waals surface area contributed by atoms with Crippen LogP contribution in [0.2, 0.25) is 0 Å². The maximum absolute atomic E-state index is 10.2. The van der Waals surface area contributed by atoms with Crippen LogP contribution in [0.1, 0.15) is 6.92 Å². The first-order valence-corrected chi connectivity index (χ1v) is 3.47. The van der Waals surface area contributed by atoms with E-state index in [0.29, 0.717) is 0 Å². The van der Waals surface area contributed by atoms with Gasteiger partial charge >= 0.3 is 0 Å². The number of hydrogen-bond donors (Lipinski definition) is 3. The van der Waals surface area contributed by atoms with Crippen molar-refractivity contribution in [3.05, 3.63) is 0 Å². The summed E-state index contributed by atoms with van der Waals surface area (Å²) < 4.78 is 0. The van der Waals surface area contributed by atoms with E-state index in [2.05, 4.69) is 10.6 Å². The number of nitrogens with one attached hydrogen (secondary N) is 2. The quantitative estimate of drug-likeness (QED) is 0.465. The minimum Gasteiger partial charge on any atom is -0.369 e. The second kappa shape index (κ2) is 9.68. The number of amides is 1. The fourth-order valence-corrected chi connectivity index (χ4v) is 0.565. The molecular formula is C6H16ClN3O. The number of carbonyl (C=O) groups is 1. The molecule has 0 aromatic carbocycles. The molecule has 0 aromatic rings. The van der Waals surface area contributed by atoms with Crippen molar-refractivity contribution < 1.29 is 4.79 Å². The van der Waals surface area contributed by atoms with Gasteiger partial charge in [-0.1, -0.05) is 6.92 Å². The van der Waals surface area contributed by atoms with Crippen molar-refractivity contribution in [3.63, 3.8) is 0 Å². The summed E-state index contributed by atoms with van der Waals surface area (Å²) in [6.07, 6.45) is 0. The van der Waals surface area contributed by atoms with Gasteiger partial charge in [0.25, 0.3) is 0 Å². The van der Waals surface area contributed by atoms with Crippen LogP contribution in [0, 0.1) is 0 Å². The van der Waals surface area contributed by atoms with E-state index in [-0.39, 0.29) is 24.9 Å². The first-order valence-electron chi connectivity index (χ1n) is 3.47. The Morgan fingerprint density at radius 1 is 1.36 bits per heavy atom. The van der Waals surface area contributed by atoms with E-state index in [0.717, 1.165) is 19.6 Å². The number of hydrogen-bond acceptors (Lipinski definition) is 3. The van der Waals surface area contributed by atoms with E-state index in [9.17, 15) is 4.79 Å². The summed E-state index contributed by atoms with van der Waals surface area (Å²) in [6.45, 7) is 4.93. The van der Waals surface area contributed by atoms with E-state index < -0.39 is 0 Å². The van der Waals surface area contributed by atoms with Crippen molar-refractivity contribution in [2.75, 3.05) is 26.2 Å². The molecule has 0 aliphatic carbocycles. The number of rotatable bonds is 6. The molecule has 0 heterocycles. The average Bonchev–Trinajstić information content (AvgIpc) is 1.87. The van der Waals surface area contributed by atoms with Gasteiger partial charge in [0.2, 0.25) is 5.91 Å². The molecular weight excluding hydrogens is 166 g/mol. The summed E-state index contributed by atoms with van der Waals surface area (Å²) in [5.41, 5.74) is 4.89. The lowest BCUT2D eigenvalue weighted by Crippen LogP contribution is -2.33. The van der Waals surface area contributed by atoms with Crippen LogP contribution in [0.15, 0.2) is 0 Å². The van der Waals surface area contributed by atoms with Crippen LogP contribution in [0.25, 0.3) is 0 Å². The molecule has 0 bridgehead atoms. The number of carbonyl (C=O) groups excluding carboxylic acids is 1. The molecule has 4 N–H and O–H groups in total. The molecule has 0 unspecified atom stereocenters. The Labute approximate surface area is 73.3 Å². The summed E-state index contributed by atoms with van der Waals surface area (Å²) in [5.74, 6) is -0.309. The highest BCUT2D eigenvalue weighted by atomic mass is 35.5. The van der Waals surface area contributed by atoms with Crippen LogP contribution in [0.3, 0.4) is 0 Å². The lowest BCUT2D eigenvalue weighted by atomic mass is 10.5. The highest BCUT2D eigenvalue weighted by Gasteiger charge is 1.90. The Balaban J connectivity index is 0. The highest BCUT2D eigenvalue weighted by Crippen LogP contribution is 1.58. The normalized spacial score (nSPS) is 8.82. The van der Waals surface area contributed by atoms with E-state index in [4.69, 9.17) is 5.73 Å². The summed E-state index contributed by atoms with van der Waals surface area (Å²) in [7, 11) is 0. The summed E-state index contributed by atoms with van der Waals surface area (Å²) >= 11 is 0. The van der Waals surface area contributed by atoms with Crippen LogP contribution in [0.4, 0.5) is 0 Å². The predicted molar refractivity (Wildman–Crippen MR) is 47.9 cm³/mol. The molecule has 0 saturated heterocycles. The van der Waals surface area contributed by atoms with Crippen LogP contribution < -0.4 is 16.4 Å². The Morgan fingerprint density at radius 3 is 2.36 bits per heavy atom. The van der Waals surface area contributed by atoms with E-state index in [1.807, 2.05) is 6.92 Å². The molecule has 1 amide bonds. The second-order valence-corrected chi connectivity index (χ2v) is 2.00. The van der Waals surface area contributed by atoms with Gasteiger partial charge in [0.05, 0.1) is 6.54 Å². The molecule has 0 aliphatic rings. The zero-order chi connectivity index (χ0) is 7.82. The summed E-state index contributed by atoms with van der Waals surface area (Å²) in [4.78, 5) is 10.2. The Hall–Kier alpha value is -0.320. The SMILES string of the molecule is CCNCCNCC(N)=O.Cl. The highest BCUT2D eigenvalue weighted by molar-refractivity contribution is 5.85. The smallest absolute Gasteiger partial charge is 0.231 e. The molecule has 0 saturated carbocycles. The number of likely N-dealkylation sites (N-methyl/N-ethyl adjacent to an activating group) is 1. The van der Waals surface area contributed by atoms with Gasteiger partial charge in [-0.25, -0.2) is 0 Å². The zero-order valence-electron chi connectivity index (χ0n) is 6.72. The topological polar surface area (TPSA) is 67.2 Å². The van der Waals surface area contributed by atoms with Crippen molar-refractivity contribution in [1.29, 1.82) is 0 Å². The summed E-state index contributed by atoms with van der Waals surface area (Å²) in [6, 6.07) is 0. The van der Waals surface area contributed by atoms with Crippen LogP contribution in [-0.4, -0.2) is 32.1 Å². The van der Waals surface area contributed by atoms with E-state index in [1.54, 1.807) is 0 Å². The molecule has 68 valence electrons. The zero-order valence-corrected chi connectivity index (χ0v) is 7.54. The van der Waals surface area contributed by atoms with Gasteiger partial charge < -0.3 is 16.4 Å². The molecule has 0 rings (SSSR count). The standard InChI is InChI=1S/C6H15N3O.ClH/c1-2-8-3-4-9-5-6(7)10;/h8-9H,2-5H2,1H3,(H2,7,10);1H. The number of primary amides is 1. The fraction of sp³-hybridized carbons (Fsp3) is 0.833. The second-order valence-electron chi connectivity index (χ2n) is 2.00. The first kappa shape index (κ1) is 13.3. The van der Waals surface area contributed by atoms with Gasteiger partial charge in [-0.2, -0.15) is 0 Å². The number of halogens is 1. The maximum Gasteiger partial charge on any atom is 0.231 e. The molecule has 4 nitrogen and oxygen atoms in total. The van der Waals surface area contributed by atoms with Crippen molar-refractivity contribution in [2.45, 2.75) is 6.92 Å². The monoisotopic (exact) mass is 181 g/mol. The van der Waals surface area contributed by atoms with Gasteiger partial charge in [-0.05, 0) is 6.54 Å². The van der Waals surface area contributed by atoms with E-state index >= 15 is 0 Å². The van der Waals surface area contributed by atoms with Gasteiger partial charge in [0.1, 0.15) is 0 Å². The van der Waals surface area contributed by atoms with Gasteiger partial charge in [-0.3, -0.25) is 4.79 Å². The largest absolute Gasteiger partial charge is 0.369 e. The third-order valence-corrected chi connectivity index (χ3v) is 1.03. The first-order chi connectivity index (χ1) is 4.77. The summed E-state index contributed by atoms with van der Waals surface area (Å²) in [5, 5.41) is 5.99. The molecule has 0 atom stereocenters. The maximum atomic E-state index is 10.2. The Kier molecular flexibility index (Phi) is 11.7. The minimum atomic E-state index is -0.309. The molecule has 0 aliphatic heterocycles. The molecule has 0 spiro atoms. The molecule has 0 radical (unpaired) electrons. The van der Waals surface area contributed by atoms with Crippen molar-refractivity contribution in [2.24, 2.45) is 5.73 Å². The van der Waals surface area contributed by atoms with Crippen LogP contribution >= 0.6 is 12.4 Å². The Morgan fingerprint density at radius 2 is 1.91 bits per heavy atom. The lowest BCUT2D eigenvalue weighted by Gasteiger charge is -2.01. The lowest BCUT2D eigenvalue weighted by molar-refractivity contribution is -0.117.